The zero-order chi connectivity index (χ0) is 31.9. The van der Waals surface area contributed by atoms with Crippen molar-refractivity contribution in [2.24, 2.45) is 0 Å². The summed E-state index contributed by atoms with van der Waals surface area (Å²) in [6.07, 6.45) is 11.7. The van der Waals surface area contributed by atoms with Crippen LogP contribution in [0.15, 0.2) is 73.3 Å². The summed E-state index contributed by atoms with van der Waals surface area (Å²) < 4.78 is 19.8. The normalized spacial score (nSPS) is 11.4. The highest BCUT2D eigenvalue weighted by molar-refractivity contribution is 6.76. The first-order chi connectivity index (χ1) is 21.8. The molecule has 0 bridgehead atoms. The van der Waals surface area contributed by atoms with Crippen LogP contribution >= 0.6 is 0 Å². The molecule has 0 fully saturated rings. The maximum absolute atomic E-state index is 12.6. The van der Waals surface area contributed by atoms with E-state index in [0.29, 0.717) is 43.8 Å². The first-order valence-corrected chi connectivity index (χ1v) is 19.7. The average molecular weight is 630 g/mol. The van der Waals surface area contributed by atoms with E-state index in [1.54, 1.807) is 24.8 Å². The predicted octanol–water partition coefficient (Wildman–Crippen LogP) is 8.35. The van der Waals surface area contributed by atoms with Crippen LogP contribution in [0.3, 0.4) is 0 Å². The molecule has 1 N–H and O–H groups in total. The molecule has 0 saturated heterocycles. The minimum Gasteiger partial charge on any atom is -0.488 e. The lowest BCUT2D eigenvalue weighted by Gasteiger charge is -2.16. The summed E-state index contributed by atoms with van der Waals surface area (Å²) >= 11 is 0. The summed E-state index contributed by atoms with van der Waals surface area (Å²) in [4.78, 5) is 17.1. The minimum atomic E-state index is -1.19. The summed E-state index contributed by atoms with van der Waals surface area (Å²) in [6, 6.07) is 18.5. The number of hydrogen-bond acceptors (Lipinski definition) is 7. The first kappa shape index (κ1) is 33.9. The van der Waals surface area contributed by atoms with E-state index in [-0.39, 0.29) is 0 Å². The van der Waals surface area contributed by atoms with Gasteiger partial charge in [-0.05, 0) is 42.3 Å². The fraction of sp³-hybridized carbons (Fsp3) is 0.429. The third kappa shape index (κ3) is 11.4. The van der Waals surface area contributed by atoms with Gasteiger partial charge in [0, 0.05) is 50.3 Å². The van der Waals surface area contributed by atoms with Gasteiger partial charge in [0.05, 0.1) is 0 Å². The van der Waals surface area contributed by atoms with Crippen LogP contribution in [0, 0.1) is 0 Å². The van der Waals surface area contributed by atoms with Gasteiger partial charge in [0.25, 0.3) is 0 Å². The lowest BCUT2D eigenvalue weighted by atomic mass is 10.0. The van der Waals surface area contributed by atoms with Crippen LogP contribution in [0.5, 0.6) is 11.5 Å². The average Bonchev–Trinajstić information content (AvgIpc) is 3.51. The molecular weight excluding hydrogens is 583 g/mol. The van der Waals surface area contributed by atoms with Crippen molar-refractivity contribution in [2.45, 2.75) is 84.5 Å². The third-order valence-electron chi connectivity index (χ3n) is 7.35. The van der Waals surface area contributed by atoms with Crippen molar-refractivity contribution < 1.29 is 19.0 Å². The zero-order valence-electron chi connectivity index (χ0n) is 27.1. The number of nitrogens with one attached hydrogen (secondary N) is 1. The number of nitrogens with zero attached hydrogens (tertiary/aromatic N) is 4. The largest absolute Gasteiger partial charge is 0.488 e. The molecule has 4 rings (SSSR count). The van der Waals surface area contributed by atoms with E-state index < -0.39 is 14.2 Å². The number of carbonyl (C=O) groups is 1. The molecule has 0 aliphatic carbocycles. The molecule has 45 heavy (non-hydrogen) atoms. The molecule has 1 amide bonds. The molecule has 2 heterocycles. The second-order valence-electron chi connectivity index (χ2n) is 12.5. The molecule has 0 unspecified atom stereocenters. The summed E-state index contributed by atoms with van der Waals surface area (Å²) in [5, 5.41) is 11.4. The molecule has 4 aromatic rings. The smallest absolute Gasteiger partial charge is 0.412 e. The number of carbonyl (C=O) groups excluding carboxylic acids is 1. The maximum Gasteiger partial charge on any atom is 0.412 e. The highest BCUT2D eigenvalue weighted by atomic mass is 28.3. The number of ether oxygens (including phenoxy) is 3. The van der Waals surface area contributed by atoms with Crippen molar-refractivity contribution >= 4 is 14.2 Å². The van der Waals surface area contributed by atoms with Crippen LogP contribution in [-0.2, 0) is 18.1 Å². The lowest BCUT2D eigenvalue weighted by molar-refractivity contribution is 0.0880. The number of aromatic nitrogens is 4. The molecule has 2 aromatic carbocycles. The van der Waals surface area contributed by atoms with E-state index in [9.17, 15) is 4.79 Å². The molecule has 0 saturated carbocycles. The molecule has 240 valence electrons. The second kappa shape index (κ2) is 17.5. The van der Waals surface area contributed by atoms with Crippen LogP contribution in [0.2, 0.25) is 25.7 Å². The second-order valence-corrected chi connectivity index (χ2v) is 18.1. The highest BCUT2D eigenvalue weighted by Crippen LogP contribution is 2.35. The Labute approximate surface area is 268 Å². The first-order valence-electron chi connectivity index (χ1n) is 16.0. The highest BCUT2D eigenvalue weighted by Gasteiger charge is 2.16. The molecule has 9 nitrogen and oxygen atoms in total. The van der Waals surface area contributed by atoms with E-state index >= 15 is 0 Å². The summed E-state index contributed by atoms with van der Waals surface area (Å²) in [7, 11) is -1.19. The van der Waals surface area contributed by atoms with Crippen molar-refractivity contribution in [3.8, 4) is 34.0 Å². The number of amides is 1. The molecule has 10 heteroatoms. The van der Waals surface area contributed by atoms with E-state index in [1.807, 2.05) is 53.1 Å². The van der Waals surface area contributed by atoms with Crippen LogP contribution in [0.25, 0.3) is 22.5 Å². The van der Waals surface area contributed by atoms with Gasteiger partial charge < -0.3 is 19.5 Å². The zero-order valence-corrected chi connectivity index (χ0v) is 28.1. The van der Waals surface area contributed by atoms with Gasteiger partial charge in [-0.25, -0.2) is 4.79 Å². The standard InChI is InChI=1S/C35H47N5O4Si/c1-5-6-7-8-9-13-18-37-35(41)44-31-16-17-33(43-25-28-14-11-10-12-15-28)32(22-31)29-21-30(24-36-23-29)34-39-38-26-40(34)27-42-19-20-45(2,3)4/h10-12,14-17,21-24,26H,5-9,13,18-20,25,27H2,1-4H3,(H,37,41). The maximum atomic E-state index is 12.6. The van der Waals surface area contributed by atoms with Gasteiger partial charge in [0.2, 0.25) is 0 Å². The van der Waals surface area contributed by atoms with E-state index in [1.165, 1.54) is 25.7 Å². The van der Waals surface area contributed by atoms with Gasteiger partial charge in [-0.15, -0.1) is 10.2 Å². The van der Waals surface area contributed by atoms with Crippen molar-refractivity contribution in [1.29, 1.82) is 0 Å². The van der Waals surface area contributed by atoms with Crippen LogP contribution < -0.4 is 14.8 Å². The Balaban J connectivity index is 1.50. The van der Waals surface area contributed by atoms with Crippen LogP contribution in [-0.4, -0.2) is 47.1 Å². The molecule has 0 atom stereocenters. The Kier molecular flexibility index (Phi) is 13.1. The predicted molar refractivity (Wildman–Crippen MR) is 181 cm³/mol. The third-order valence-corrected chi connectivity index (χ3v) is 9.05. The Morgan fingerprint density at radius 3 is 2.51 bits per heavy atom. The van der Waals surface area contributed by atoms with Crippen LogP contribution in [0.1, 0.15) is 51.0 Å². The van der Waals surface area contributed by atoms with Gasteiger partial charge in [-0.1, -0.05) is 89.0 Å². The Morgan fingerprint density at radius 1 is 0.933 bits per heavy atom. The number of unbranched alkanes of at least 4 members (excludes halogenated alkanes) is 5. The van der Waals surface area contributed by atoms with Gasteiger partial charge >= 0.3 is 6.09 Å². The van der Waals surface area contributed by atoms with E-state index in [4.69, 9.17) is 14.2 Å². The molecule has 0 radical (unpaired) electrons. The van der Waals surface area contributed by atoms with Gasteiger partial charge in [-0.2, -0.15) is 0 Å². The van der Waals surface area contributed by atoms with Crippen molar-refractivity contribution in [3.63, 3.8) is 0 Å². The Bertz CT molecular complexity index is 1470. The van der Waals surface area contributed by atoms with Crippen molar-refractivity contribution in [2.75, 3.05) is 13.2 Å². The SMILES string of the molecule is CCCCCCCCNC(=O)Oc1ccc(OCc2ccccc2)c(-c2cncc(-c3nncn3COCC[Si](C)(C)C)c2)c1. The number of hydrogen-bond donors (Lipinski definition) is 1. The monoisotopic (exact) mass is 629 g/mol. The van der Waals surface area contributed by atoms with Gasteiger partial charge in [0.15, 0.2) is 5.82 Å². The molecular formula is C35H47N5O4Si. The topological polar surface area (TPSA) is 100 Å². The fourth-order valence-electron chi connectivity index (χ4n) is 4.72. The summed E-state index contributed by atoms with van der Waals surface area (Å²) in [6.45, 7) is 11.2. The number of pyridine rings is 1. The van der Waals surface area contributed by atoms with Crippen molar-refractivity contribution in [3.05, 3.63) is 78.9 Å². The van der Waals surface area contributed by atoms with E-state index in [0.717, 1.165) is 41.1 Å². The molecule has 0 spiro atoms. The summed E-state index contributed by atoms with van der Waals surface area (Å²) in [5.41, 5.74) is 3.38. The molecule has 0 aliphatic rings. The van der Waals surface area contributed by atoms with Crippen LogP contribution in [0.4, 0.5) is 4.79 Å². The number of benzene rings is 2. The van der Waals surface area contributed by atoms with E-state index in [2.05, 4.69) is 47.1 Å². The molecule has 2 aromatic heterocycles. The summed E-state index contributed by atoms with van der Waals surface area (Å²) in [5.74, 6) is 1.72. The Hall–Kier alpha value is -4.02. The van der Waals surface area contributed by atoms with Gasteiger partial charge in [0.1, 0.15) is 31.2 Å². The Morgan fingerprint density at radius 2 is 1.71 bits per heavy atom. The quantitative estimate of drug-likeness (QED) is 0.0872. The molecule has 0 aliphatic heterocycles. The minimum absolute atomic E-state index is 0.361. The lowest BCUT2D eigenvalue weighted by Crippen LogP contribution is -2.27. The van der Waals surface area contributed by atoms with Gasteiger partial charge in [-0.3, -0.25) is 9.55 Å². The fourth-order valence-corrected chi connectivity index (χ4v) is 5.48. The van der Waals surface area contributed by atoms with Crippen molar-refractivity contribution in [1.82, 2.24) is 25.1 Å². The number of rotatable bonds is 18.